The highest BCUT2D eigenvalue weighted by Crippen LogP contribution is 2.23. The first-order valence-corrected chi connectivity index (χ1v) is 12.9. The fourth-order valence-corrected chi connectivity index (χ4v) is 4.67. The molecule has 0 aliphatic carbocycles. The maximum Gasteiger partial charge on any atom is 0.362 e. The molecule has 0 saturated carbocycles. The number of rotatable bonds is 11. The van der Waals surface area contributed by atoms with Crippen LogP contribution in [-0.4, -0.2) is 97.8 Å². The van der Waals surface area contributed by atoms with Gasteiger partial charge in [0.05, 0.1) is 31.1 Å². The van der Waals surface area contributed by atoms with Crippen molar-refractivity contribution in [3.05, 3.63) is 39.3 Å². The molecule has 2 atom stereocenters. The molecule has 1 saturated heterocycles. The number of aromatic hydroxyl groups is 1. The number of urea groups is 1. The molecule has 19 nitrogen and oxygen atoms in total. The van der Waals surface area contributed by atoms with Crippen molar-refractivity contribution in [1.82, 2.24) is 30.0 Å². The third-order valence-corrected chi connectivity index (χ3v) is 6.64. The number of hydrogen-bond donors (Lipinski definition) is 8. The standard InChI is InChI=1S/C18H22N8O11S2/c19-17-22-9(7-38-17)13(24-37-2-1-27)15(30)23-14-10(26(16(14)31)39(34,35)36)5-21-18(32)20-4-8-3-11(28)12(29)6-25(8)33/h3,6-7,10,14,27,29,33H,1-2,4-5H2,(H2,19,22)(H,23,30)(H2,20,21,32)(H,34,35,36)/b24-13-/t10-,14+/m1/s1. The third-order valence-electron chi connectivity index (χ3n) is 5.01. The van der Waals surface area contributed by atoms with Crippen molar-refractivity contribution in [3.63, 3.8) is 0 Å². The molecule has 0 radical (unpaired) electrons. The molecule has 1 aliphatic heterocycles. The first-order chi connectivity index (χ1) is 18.3. The minimum atomic E-state index is -5.08. The Morgan fingerprint density at radius 1 is 1.28 bits per heavy atom. The number of carbonyl (C=O) groups is 3. The van der Waals surface area contributed by atoms with Gasteiger partial charge >= 0.3 is 16.3 Å². The van der Waals surface area contributed by atoms with Crippen LogP contribution in [0.5, 0.6) is 5.75 Å². The Balaban J connectivity index is 1.70. The maximum atomic E-state index is 12.9. The lowest BCUT2D eigenvalue weighted by Crippen LogP contribution is -2.74. The van der Waals surface area contributed by atoms with Gasteiger partial charge in [0, 0.05) is 18.0 Å². The van der Waals surface area contributed by atoms with E-state index in [1.54, 1.807) is 0 Å². The molecule has 2 aromatic rings. The van der Waals surface area contributed by atoms with Crippen molar-refractivity contribution in [2.45, 2.75) is 18.6 Å². The summed E-state index contributed by atoms with van der Waals surface area (Å²) in [5, 5.41) is 39.5. The summed E-state index contributed by atoms with van der Waals surface area (Å²) in [7, 11) is -5.08. The number of thiazole rings is 1. The molecule has 0 spiro atoms. The molecule has 21 heteroatoms. The molecule has 4 amide bonds. The Morgan fingerprint density at radius 3 is 2.62 bits per heavy atom. The quantitative estimate of drug-likeness (QED) is 0.0316. The first kappa shape index (κ1) is 29.1. The number of nitrogen functional groups attached to an aromatic ring is 1. The molecule has 3 heterocycles. The van der Waals surface area contributed by atoms with Crippen LogP contribution < -0.4 is 27.1 Å². The van der Waals surface area contributed by atoms with Gasteiger partial charge < -0.3 is 41.9 Å². The number of nitrogens with two attached hydrogens (primary N) is 1. The van der Waals surface area contributed by atoms with Crippen LogP contribution in [0.25, 0.3) is 0 Å². The number of aliphatic hydroxyl groups is 1. The van der Waals surface area contributed by atoms with Gasteiger partial charge in [0.1, 0.15) is 18.3 Å². The van der Waals surface area contributed by atoms with Crippen LogP contribution in [-0.2, 0) is 31.3 Å². The van der Waals surface area contributed by atoms with Crippen LogP contribution in [0.3, 0.4) is 0 Å². The van der Waals surface area contributed by atoms with Crippen LogP contribution in [0.4, 0.5) is 9.93 Å². The molecule has 9 N–H and O–H groups in total. The lowest BCUT2D eigenvalue weighted by atomic mass is 9.98. The second-order valence-electron chi connectivity index (χ2n) is 7.62. The van der Waals surface area contributed by atoms with Crippen molar-refractivity contribution < 1.29 is 47.6 Å². The Bertz CT molecular complexity index is 1460. The number of nitrogens with one attached hydrogen (secondary N) is 3. The minimum absolute atomic E-state index is 0.0445. The Hall–Kier alpha value is -4.47. The zero-order valence-electron chi connectivity index (χ0n) is 19.5. The largest absolute Gasteiger partial charge is 0.503 e. The lowest BCUT2D eigenvalue weighted by Gasteiger charge is -2.44. The molecule has 212 valence electrons. The van der Waals surface area contributed by atoms with Gasteiger partial charge in [-0.25, -0.2) is 14.1 Å². The van der Waals surface area contributed by atoms with Crippen LogP contribution in [0.2, 0.25) is 0 Å². The van der Waals surface area contributed by atoms with Gasteiger partial charge in [-0.3, -0.25) is 18.9 Å². The molecule has 1 fully saturated rings. The van der Waals surface area contributed by atoms with Crippen LogP contribution in [0, 0.1) is 0 Å². The van der Waals surface area contributed by atoms with Gasteiger partial charge in [-0.1, -0.05) is 5.16 Å². The van der Waals surface area contributed by atoms with Crippen molar-refractivity contribution in [3.8, 4) is 5.75 Å². The Kier molecular flexibility index (Phi) is 8.90. The monoisotopic (exact) mass is 590 g/mol. The van der Waals surface area contributed by atoms with E-state index in [4.69, 9.17) is 15.7 Å². The van der Waals surface area contributed by atoms with Crippen LogP contribution in [0.1, 0.15) is 11.4 Å². The second-order valence-corrected chi connectivity index (χ2v) is 9.80. The second kappa shape index (κ2) is 11.9. The maximum absolute atomic E-state index is 12.9. The number of anilines is 1. The smallest absolute Gasteiger partial charge is 0.362 e. The zero-order valence-corrected chi connectivity index (χ0v) is 21.2. The molecule has 0 aromatic carbocycles. The predicted molar refractivity (Wildman–Crippen MR) is 130 cm³/mol. The summed E-state index contributed by atoms with van der Waals surface area (Å²) in [6, 6.07) is -3.14. The fraction of sp³-hybridized carbons (Fsp3) is 0.333. The number of aromatic nitrogens is 2. The van der Waals surface area contributed by atoms with Crippen molar-refractivity contribution in [2.24, 2.45) is 5.16 Å². The number of pyridine rings is 1. The number of hydrogen-bond acceptors (Lipinski definition) is 14. The number of β-lactam (4-membered cyclic amide) rings is 1. The normalized spacial score (nSPS) is 17.3. The van der Waals surface area contributed by atoms with Crippen molar-refractivity contribution in [1.29, 1.82) is 0 Å². The highest BCUT2D eigenvalue weighted by Gasteiger charge is 2.54. The first-order valence-electron chi connectivity index (χ1n) is 10.6. The SMILES string of the molecule is Nc1nc(/C(=N/OCCO)C(=O)N[C@@H]2C(=O)N(S(=O)(=O)O)[C@@H]2CNC(=O)NCc2cc(=O)c(O)cn2O)cs1. The van der Waals surface area contributed by atoms with E-state index >= 15 is 0 Å². The number of nitrogens with zero attached hydrogens (tertiary/aromatic N) is 4. The van der Waals surface area contributed by atoms with E-state index in [0.29, 0.717) is 10.9 Å². The van der Waals surface area contributed by atoms with Gasteiger partial charge in [0.2, 0.25) is 5.43 Å². The molecule has 0 unspecified atom stereocenters. The summed E-state index contributed by atoms with van der Waals surface area (Å²) < 4.78 is 33.3. The van der Waals surface area contributed by atoms with Gasteiger partial charge in [0.25, 0.3) is 11.8 Å². The highest BCUT2D eigenvalue weighted by atomic mass is 32.2. The highest BCUT2D eigenvalue weighted by molar-refractivity contribution is 7.84. The Morgan fingerprint density at radius 2 is 2.00 bits per heavy atom. The molecule has 3 rings (SSSR count). The van der Waals surface area contributed by atoms with E-state index in [9.17, 15) is 42.5 Å². The zero-order chi connectivity index (χ0) is 28.9. The minimum Gasteiger partial charge on any atom is -0.503 e. The summed E-state index contributed by atoms with van der Waals surface area (Å²) in [5.41, 5.74) is 4.13. The number of carbonyl (C=O) groups excluding carboxylic acids is 3. The van der Waals surface area contributed by atoms with Gasteiger partial charge in [-0.2, -0.15) is 13.1 Å². The summed E-state index contributed by atoms with van der Waals surface area (Å²) in [6.07, 6.45) is 0.709. The molecular formula is C18H22N8O11S2. The van der Waals surface area contributed by atoms with Gasteiger partial charge in [0.15, 0.2) is 16.6 Å². The topological polar surface area (TPSA) is 288 Å². The number of aliphatic hydroxyl groups excluding tert-OH is 1. The van der Waals surface area contributed by atoms with Crippen LogP contribution in [0.15, 0.2) is 27.6 Å². The van der Waals surface area contributed by atoms with E-state index in [2.05, 4.69) is 26.1 Å². The number of oxime groups is 1. The van der Waals surface area contributed by atoms with E-state index in [1.165, 1.54) is 5.38 Å². The summed E-state index contributed by atoms with van der Waals surface area (Å²) in [6.45, 7) is -1.72. The van der Waals surface area contributed by atoms with Crippen molar-refractivity contribution >= 4 is 50.3 Å². The lowest BCUT2D eigenvalue weighted by molar-refractivity contribution is -0.144. The summed E-state index contributed by atoms with van der Waals surface area (Å²) in [4.78, 5) is 57.7. The third kappa shape index (κ3) is 6.90. The van der Waals surface area contributed by atoms with E-state index in [1.807, 2.05) is 0 Å². The van der Waals surface area contributed by atoms with E-state index in [0.717, 1.165) is 17.4 Å². The average Bonchev–Trinajstić information content (AvgIpc) is 3.28. The average molecular weight is 591 g/mol. The molecule has 0 bridgehead atoms. The van der Waals surface area contributed by atoms with Gasteiger partial charge in [-0.15, -0.1) is 11.3 Å². The molecule has 39 heavy (non-hydrogen) atoms. The van der Waals surface area contributed by atoms with E-state index in [-0.39, 0.29) is 27.4 Å². The fourth-order valence-electron chi connectivity index (χ4n) is 3.24. The van der Waals surface area contributed by atoms with Crippen LogP contribution >= 0.6 is 11.3 Å². The summed E-state index contributed by atoms with van der Waals surface area (Å²) in [5.74, 6) is -3.00. The number of amides is 4. The molecule has 1 aliphatic rings. The van der Waals surface area contributed by atoms with Crippen molar-refractivity contribution in [2.75, 3.05) is 25.5 Å². The van der Waals surface area contributed by atoms with Gasteiger partial charge in [-0.05, 0) is 0 Å². The Labute approximate surface area is 222 Å². The molecule has 2 aromatic heterocycles. The summed E-state index contributed by atoms with van der Waals surface area (Å²) >= 11 is 0.961. The van der Waals surface area contributed by atoms with E-state index < -0.39 is 76.8 Å². The molecular weight excluding hydrogens is 568 g/mol. The predicted octanol–water partition coefficient (Wildman–Crippen LogP) is -3.46.